The Hall–Kier alpha value is -1.22. The number of carboxylic acid groups (broad SMARTS) is 2. The zero-order chi connectivity index (χ0) is 20.8. The number of hydrogen-bond acceptors (Lipinski definition) is 6. The number of rotatable bonds is 13. The molecule has 1 unspecified atom stereocenters. The fourth-order valence-electron chi connectivity index (χ4n) is 1.64. The van der Waals surface area contributed by atoms with Gasteiger partial charge in [-0.15, -0.1) is 0 Å². The summed E-state index contributed by atoms with van der Waals surface area (Å²) in [7, 11) is 0. The van der Waals surface area contributed by atoms with Crippen molar-refractivity contribution in [1.82, 2.24) is 0 Å². The van der Waals surface area contributed by atoms with Gasteiger partial charge in [-0.05, 0) is 13.3 Å². The van der Waals surface area contributed by atoms with E-state index in [1.165, 1.54) is 51.9 Å². The summed E-state index contributed by atoms with van der Waals surface area (Å²) in [6.45, 7) is 2.70. The SMILES string of the molecule is CC(O)C(=O)O.CCCCCCCCCCCC(=O)O.OCC(O)CO. The summed E-state index contributed by atoms with van der Waals surface area (Å²) in [5, 5.41) is 48.2. The second kappa shape index (κ2) is 23.8. The molecule has 0 amide bonds. The number of carboxylic acids is 2. The predicted octanol–water partition coefficient (Wildman–Crippen LogP) is 1.78. The maximum absolute atomic E-state index is 10.2. The Balaban J connectivity index is -0.000000364. The highest BCUT2D eigenvalue weighted by Gasteiger charge is 2.01. The highest BCUT2D eigenvalue weighted by Crippen LogP contribution is 2.10. The molecule has 6 N–H and O–H groups in total. The lowest BCUT2D eigenvalue weighted by Crippen LogP contribution is -2.15. The van der Waals surface area contributed by atoms with Gasteiger partial charge in [0.05, 0.1) is 13.2 Å². The van der Waals surface area contributed by atoms with Gasteiger partial charge in [0.25, 0.3) is 0 Å². The van der Waals surface area contributed by atoms with E-state index in [0.717, 1.165) is 12.8 Å². The minimum Gasteiger partial charge on any atom is -0.481 e. The normalized spacial score (nSPS) is 11.0. The van der Waals surface area contributed by atoms with E-state index < -0.39 is 24.1 Å². The average Bonchev–Trinajstić information content (AvgIpc) is 2.60. The van der Waals surface area contributed by atoms with Crippen molar-refractivity contribution >= 4 is 11.9 Å². The molecule has 0 bridgehead atoms. The first-order valence-corrected chi connectivity index (χ1v) is 9.25. The molecule has 0 aliphatic carbocycles. The highest BCUT2D eigenvalue weighted by molar-refractivity contribution is 5.71. The Morgan fingerprint density at radius 1 is 0.769 bits per heavy atom. The van der Waals surface area contributed by atoms with E-state index in [4.69, 9.17) is 30.6 Å². The van der Waals surface area contributed by atoms with Crippen LogP contribution in [0.4, 0.5) is 0 Å². The molecule has 0 aromatic heterocycles. The molecule has 8 nitrogen and oxygen atoms in total. The minimum atomic E-state index is -1.23. The molecule has 0 aromatic carbocycles. The Morgan fingerprint density at radius 2 is 1.12 bits per heavy atom. The second-order valence-corrected chi connectivity index (χ2v) is 6.01. The standard InChI is InChI=1S/C12H24O2.C3H8O3.C3H6O3/c1-2-3-4-5-6-7-8-9-10-11-12(13)14;4-1-3(6)2-5;1-2(4)3(5)6/h2-11H2,1H3,(H,13,14);3-6H,1-2H2;2,4H,1H3,(H,5,6). The molecular formula is C18H38O8. The van der Waals surface area contributed by atoms with Crippen LogP contribution in [-0.2, 0) is 9.59 Å². The summed E-state index contributed by atoms with van der Waals surface area (Å²) in [4.78, 5) is 19.7. The van der Waals surface area contributed by atoms with Gasteiger partial charge in [-0.2, -0.15) is 0 Å². The van der Waals surface area contributed by atoms with E-state index in [2.05, 4.69) is 6.92 Å². The van der Waals surface area contributed by atoms with E-state index >= 15 is 0 Å². The number of aliphatic carboxylic acids is 2. The van der Waals surface area contributed by atoms with Crippen molar-refractivity contribution in [2.45, 2.75) is 90.3 Å². The Kier molecular flexibility index (Phi) is 27.0. The molecule has 0 radical (unpaired) electrons. The zero-order valence-corrected chi connectivity index (χ0v) is 16.1. The number of hydrogen-bond donors (Lipinski definition) is 6. The van der Waals surface area contributed by atoms with Crippen molar-refractivity contribution in [3.05, 3.63) is 0 Å². The molecule has 1 atom stereocenters. The van der Waals surface area contributed by atoms with Gasteiger partial charge in [0.15, 0.2) is 0 Å². The molecule has 0 saturated heterocycles. The molecule has 0 rings (SSSR count). The van der Waals surface area contributed by atoms with Crippen molar-refractivity contribution in [2.75, 3.05) is 13.2 Å². The van der Waals surface area contributed by atoms with Crippen LogP contribution in [0.1, 0.15) is 78.1 Å². The second-order valence-electron chi connectivity index (χ2n) is 6.01. The fourth-order valence-corrected chi connectivity index (χ4v) is 1.64. The molecule has 0 spiro atoms. The number of unbranched alkanes of at least 4 members (excludes halogenated alkanes) is 8. The van der Waals surface area contributed by atoms with Crippen LogP contribution in [0, 0.1) is 0 Å². The first-order chi connectivity index (χ1) is 12.2. The third-order valence-electron chi connectivity index (χ3n) is 3.27. The Morgan fingerprint density at radius 3 is 1.35 bits per heavy atom. The molecule has 0 aliphatic heterocycles. The highest BCUT2D eigenvalue weighted by atomic mass is 16.4. The predicted molar refractivity (Wildman–Crippen MR) is 99.0 cm³/mol. The molecule has 158 valence electrons. The van der Waals surface area contributed by atoms with Gasteiger partial charge in [-0.25, -0.2) is 4.79 Å². The summed E-state index contributed by atoms with van der Waals surface area (Å²) >= 11 is 0. The van der Waals surface area contributed by atoms with Gasteiger partial charge < -0.3 is 30.6 Å². The summed E-state index contributed by atoms with van der Waals surface area (Å²) < 4.78 is 0. The van der Waals surface area contributed by atoms with E-state index in [9.17, 15) is 9.59 Å². The van der Waals surface area contributed by atoms with Crippen LogP contribution in [0.5, 0.6) is 0 Å². The van der Waals surface area contributed by atoms with Crippen LogP contribution < -0.4 is 0 Å². The van der Waals surface area contributed by atoms with Crippen LogP contribution in [0.3, 0.4) is 0 Å². The van der Waals surface area contributed by atoms with Crippen LogP contribution >= 0.6 is 0 Å². The lowest BCUT2D eigenvalue weighted by atomic mass is 10.1. The molecule has 26 heavy (non-hydrogen) atoms. The van der Waals surface area contributed by atoms with Crippen molar-refractivity contribution in [1.29, 1.82) is 0 Å². The van der Waals surface area contributed by atoms with Gasteiger partial charge >= 0.3 is 11.9 Å². The fraction of sp³-hybridized carbons (Fsp3) is 0.889. The summed E-state index contributed by atoms with van der Waals surface area (Å²) in [6, 6.07) is 0. The van der Waals surface area contributed by atoms with Gasteiger partial charge in [0.2, 0.25) is 0 Å². The van der Waals surface area contributed by atoms with Gasteiger partial charge in [-0.3, -0.25) is 4.79 Å². The molecule has 0 saturated carbocycles. The Labute approximate surface area is 156 Å². The van der Waals surface area contributed by atoms with Crippen molar-refractivity contribution < 1.29 is 40.2 Å². The van der Waals surface area contributed by atoms with Crippen LogP contribution in [0.2, 0.25) is 0 Å². The monoisotopic (exact) mass is 382 g/mol. The minimum absolute atomic E-state index is 0.343. The third-order valence-corrected chi connectivity index (χ3v) is 3.27. The lowest BCUT2D eigenvalue weighted by Gasteiger charge is -2.00. The largest absolute Gasteiger partial charge is 0.481 e. The summed E-state index contributed by atoms with van der Waals surface area (Å²) in [5.41, 5.74) is 0. The first kappa shape index (κ1) is 29.5. The van der Waals surface area contributed by atoms with Crippen LogP contribution in [0.25, 0.3) is 0 Å². The average molecular weight is 382 g/mol. The van der Waals surface area contributed by atoms with Crippen LogP contribution in [-0.4, -0.2) is 68.0 Å². The van der Waals surface area contributed by atoms with Crippen LogP contribution in [0.15, 0.2) is 0 Å². The zero-order valence-electron chi connectivity index (χ0n) is 16.1. The molecule has 0 heterocycles. The lowest BCUT2D eigenvalue weighted by molar-refractivity contribution is -0.145. The molecular weight excluding hydrogens is 344 g/mol. The van der Waals surface area contributed by atoms with Gasteiger partial charge in [-0.1, -0.05) is 58.3 Å². The maximum Gasteiger partial charge on any atom is 0.332 e. The van der Waals surface area contributed by atoms with Crippen molar-refractivity contribution in [3.63, 3.8) is 0 Å². The topological polar surface area (TPSA) is 156 Å². The molecule has 0 aromatic rings. The van der Waals surface area contributed by atoms with E-state index in [0.29, 0.717) is 6.42 Å². The van der Waals surface area contributed by atoms with Crippen molar-refractivity contribution in [2.24, 2.45) is 0 Å². The van der Waals surface area contributed by atoms with E-state index in [-0.39, 0.29) is 13.2 Å². The summed E-state index contributed by atoms with van der Waals surface area (Å²) in [5.74, 6) is -1.84. The van der Waals surface area contributed by atoms with Gasteiger partial charge in [0.1, 0.15) is 12.2 Å². The molecule has 0 aliphatic rings. The quantitative estimate of drug-likeness (QED) is 0.263. The number of aliphatic hydroxyl groups is 4. The number of aliphatic hydroxyl groups excluding tert-OH is 4. The summed E-state index contributed by atoms with van der Waals surface area (Å²) in [6.07, 6.45) is 9.29. The van der Waals surface area contributed by atoms with Gasteiger partial charge in [0, 0.05) is 6.42 Å². The first-order valence-electron chi connectivity index (χ1n) is 9.25. The molecule has 0 fully saturated rings. The third kappa shape index (κ3) is 34.2. The number of carbonyl (C=O) groups is 2. The van der Waals surface area contributed by atoms with E-state index in [1.54, 1.807) is 0 Å². The maximum atomic E-state index is 10.2. The van der Waals surface area contributed by atoms with E-state index in [1.807, 2.05) is 0 Å². The van der Waals surface area contributed by atoms with Crippen molar-refractivity contribution in [3.8, 4) is 0 Å². The smallest absolute Gasteiger partial charge is 0.332 e. The Bertz CT molecular complexity index is 304. The molecule has 8 heteroatoms.